The number of nitrogens with zero attached hydrogens (tertiary/aromatic N) is 2. The van der Waals surface area contributed by atoms with E-state index in [4.69, 9.17) is 5.11 Å². The minimum Gasteiger partial charge on any atom is -1.00 e. The van der Waals surface area contributed by atoms with Crippen LogP contribution in [0.5, 0.6) is 0 Å². The predicted octanol–water partition coefficient (Wildman–Crippen LogP) is -2.61. The van der Waals surface area contributed by atoms with E-state index in [2.05, 4.69) is 6.58 Å². The Morgan fingerprint density at radius 1 is 1.73 bits per heavy atom. The maximum Gasteiger partial charge on any atom is 0.250 e. The van der Waals surface area contributed by atoms with Gasteiger partial charge in [-0.05, 0) is 0 Å². The van der Waals surface area contributed by atoms with Crippen molar-refractivity contribution >= 4 is 6.20 Å². The first kappa shape index (κ1) is 10.2. The summed E-state index contributed by atoms with van der Waals surface area (Å²) < 4.78 is 3.45. The van der Waals surface area contributed by atoms with E-state index in [-0.39, 0.29) is 12.4 Å². The highest BCUT2D eigenvalue weighted by atomic mass is 35.5. The molecular weight excluding hydrogens is 164 g/mol. The van der Waals surface area contributed by atoms with Crippen LogP contribution in [-0.4, -0.2) is 9.67 Å². The van der Waals surface area contributed by atoms with E-state index in [1.54, 1.807) is 34.8 Å². The molecule has 1 heterocycles. The SMILES string of the molecule is C=C[n+]1ccn(C(C)O)c1.[Cl-]. The maximum absolute atomic E-state index is 9.05. The second-order valence-corrected chi connectivity index (χ2v) is 2.12. The normalized spacial score (nSPS) is 11.8. The second-order valence-electron chi connectivity index (χ2n) is 2.12. The molecule has 0 aliphatic rings. The van der Waals surface area contributed by atoms with E-state index in [1.165, 1.54) is 0 Å². The lowest BCUT2D eigenvalue weighted by Gasteiger charge is -1.94. The number of halogens is 1. The fourth-order valence-corrected chi connectivity index (χ4v) is 0.714. The molecule has 1 N–H and O–H groups in total. The van der Waals surface area contributed by atoms with Crippen molar-refractivity contribution in [2.45, 2.75) is 13.2 Å². The molecule has 0 saturated carbocycles. The van der Waals surface area contributed by atoms with E-state index in [1.807, 2.05) is 6.20 Å². The van der Waals surface area contributed by atoms with Gasteiger partial charge >= 0.3 is 0 Å². The average Bonchev–Trinajstić information content (AvgIpc) is 2.34. The Balaban J connectivity index is 0.000001000. The molecular formula is C7H11ClN2O. The molecule has 1 atom stereocenters. The molecule has 0 aliphatic heterocycles. The number of aliphatic hydroxyl groups excluding tert-OH is 1. The van der Waals surface area contributed by atoms with E-state index in [9.17, 15) is 0 Å². The van der Waals surface area contributed by atoms with Crippen LogP contribution in [0.3, 0.4) is 0 Å². The van der Waals surface area contributed by atoms with Gasteiger partial charge in [0, 0.05) is 6.92 Å². The quantitative estimate of drug-likeness (QED) is 0.490. The van der Waals surface area contributed by atoms with E-state index >= 15 is 0 Å². The summed E-state index contributed by atoms with van der Waals surface area (Å²) in [6, 6.07) is 0. The van der Waals surface area contributed by atoms with Crippen LogP contribution in [0.2, 0.25) is 0 Å². The zero-order chi connectivity index (χ0) is 7.56. The predicted molar refractivity (Wildman–Crippen MR) is 37.9 cm³/mol. The summed E-state index contributed by atoms with van der Waals surface area (Å²) in [5.41, 5.74) is 0. The van der Waals surface area contributed by atoms with Gasteiger partial charge in [-0.25, -0.2) is 9.13 Å². The van der Waals surface area contributed by atoms with E-state index < -0.39 is 6.23 Å². The molecule has 1 aromatic rings. The summed E-state index contributed by atoms with van der Waals surface area (Å²) in [7, 11) is 0. The van der Waals surface area contributed by atoms with Crippen LogP contribution in [0.15, 0.2) is 25.3 Å². The van der Waals surface area contributed by atoms with Gasteiger partial charge in [0.2, 0.25) is 0 Å². The van der Waals surface area contributed by atoms with Crippen molar-refractivity contribution in [3.63, 3.8) is 0 Å². The molecule has 62 valence electrons. The molecule has 4 heteroatoms. The van der Waals surface area contributed by atoms with Crippen molar-refractivity contribution in [2.24, 2.45) is 0 Å². The van der Waals surface area contributed by atoms with Gasteiger partial charge in [-0.1, -0.05) is 6.58 Å². The van der Waals surface area contributed by atoms with Crippen LogP contribution in [0, 0.1) is 0 Å². The van der Waals surface area contributed by atoms with Crippen LogP contribution >= 0.6 is 0 Å². The summed E-state index contributed by atoms with van der Waals surface area (Å²) in [6.07, 6.45) is 6.56. The number of aliphatic hydroxyl groups is 1. The van der Waals surface area contributed by atoms with Gasteiger partial charge in [0.25, 0.3) is 6.33 Å². The molecule has 0 aromatic carbocycles. The molecule has 1 rings (SSSR count). The molecule has 11 heavy (non-hydrogen) atoms. The molecule has 0 radical (unpaired) electrons. The molecule has 3 nitrogen and oxygen atoms in total. The first-order valence-corrected chi connectivity index (χ1v) is 3.13. The van der Waals surface area contributed by atoms with Crippen molar-refractivity contribution in [2.75, 3.05) is 0 Å². The monoisotopic (exact) mass is 174 g/mol. The van der Waals surface area contributed by atoms with Gasteiger partial charge in [-0.15, -0.1) is 0 Å². The van der Waals surface area contributed by atoms with Gasteiger partial charge < -0.3 is 17.5 Å². The molecule has 0 fully saturated rings. The number of imidazole rings is 1. The third kappa shape index (κ3) is 2.37. The Morgan fingerprint density at radius 3 is 2.64 bits per heavy atom. The lowest BCUT2D eigenvalue weighted by atomic mass is 10.6. The fraction of sp³-hybridized carbons (Fsp3) is 0.286. The minimum atomic E-state index is -0.471. The number of hydrogen-bond acceptors (Lipinski definition) is 1. The zero-order valence-corrected chi connectivity index (χ0v) is 7.07. The Labute approximate surface area is 72.0 Å². The minimum absolute atomic E-state index is 0. The lowest BCUT2D eigenvalue weighted by molar-refractivity contribution is -0.567. The average molecular weight is 175 g/mol. The van der Waals surface area contributed by atoms with E-state index in [0.29, 0.717) is 0 Å². The van der Waals surface area contributed by atoms with Crippen LogP contribution in [0.1, 0.15) is 13.2 Å². The third-order valence-electron chi connectivity index (χ3n) is 1.32. The maximum atomic E-state index is 9.05. The topological polar surface area (TPSA) is 29.0 Å². The smallest absolute Gasteiger partial charge is 0.250 e. The largest absolute Gasteiger partial charge is 1.00 e. The number of aromatic nitrogens is 2. The summed E-state index contributed by atoms with van der Waals surface area (Å²) in [4.78, 5) is 0. The van der Waals surface area contributed by atoms with Gasteiger partial charge in [0.15, 0.2) is 6.23 Å². The molecule has 0 amide bonds. The Morgan fingerprint density at radius 2 is 2.36 bits per heavy atom. The molecule has 1 aromatic heterocycles. The Hall–Kier alpha value is -0.800. The van der Waals surface area contributed by atoms with E-state index in [0.717, 1.165) is 0 Å². The van der Waals surface area contributed by atoms with Crippen LogP contribution in [0.4, 0.5) is 0 Å². The van der Waals surface area contributed by atoms with Crippen LogP contribution in [0.25, 0.3) is 6.20 Å². The molecule has 0 spiro atoms. The highest BCUT2D eigenvalue weighted by molar-refractivity contribution is 4.94. The molecule has 0 bridgehead atoms. The summed E-state index contributed by atoms with van der Waals surface area (Å²) >= 11 is 0. The summed E-state index contributed by atoms with van der Waals surface area (Å²) in [5.74, 6) is 0. The lowest BCUT2D eigenvalue weighted by Crippen LogP contribution is -3.00. The highest BCUT2D eigenvalue weighted by Gasteiger charge is 2.04. The Kier molecular flexibility index (Phi) is 3.85. The summed E-state index contributed by atoms with van der Waals surface area (Å²) in [6.45, 7) is 5.27. The second kappa shape index (κ2) is 4.16. The number of hydrogen-bond donors (Lipinski definition) is 1. The Bertz CT molecular complexity index is 232. The molecule has 1 unspecified atom stereocenters. The van der Waals surface area contributed by atoms with Crippen LogP contribution < -0.4 is 17.0 Å². The number of rotatable bonds is 2. The first-order valence-electron chi connectivity index (χ1n) is 3.13. The van der Waals surface area contributed by atoms with Gasteiger partial charge in [-0.2, -0.15) is 0 Å². The molecule has 0 saturated heterocycles. The summed E-state index contributed by atoms with van der Waals surface area (Å²) in [5, 5.41) is 9.05. The van der Waals surface area contributed by atoms with Gasteiger partial charge in [-0.3, -0.25) is 0 Å². The highest BCUT2D eigenvalue weighted by Crippen LogP contribution is 1.95. The van der Waals surface area contributed by atoms with Crippen molar-refractivity contribution in [1.82, 2.24) is 4.57 Å². The fourth-order valence-electron chi connectivity index (χ4n) is 0.714. The van der Waals surface area contributed by atoms with Crippen molar-refractivity contribution in [1.29, 1.82) is 0 Å². The third-order valence-corrected chi connectivity index (χ3v) is 1.32. The molecule has 0 aliphatic carbocycles. The van der Waals surface area contributed by atoms with Gasteiger partial charge in [0.05, 0.1) is 6.20 Å². The first-order chi connectivity index (χ1) is 4.74. The van der Waals surface area contributed by atoms with Crippen molar-refractivity contribution in [3.05, 3.63) is 25.3 Å². The van der Waals surface area contributed by atoms with Crippen molar-refractivity contribution < 1.29 is 22.1 Å². The standard InChI is InChI=1S/C7H11N2O.ClH/c1-3-8-4-5-9(6-8)7(2)10;/h3-7,10H,1H2,2H3;1H/q+1;/p-1. The van der Waals surface area contributed by atoms with Gasteiger partial charge in [0.1, 0.15) is 12.4 Å². The zero-order valence-electron chi connectivity index (χ0n) is 6.31. The van der Waals surface area contributed by atoms with Crippen molar-refractivity contribution in [3.8, 4) is 0 Å². The van der Waals surface area contributed by atoms with Crippen LogP contribution in [-0.2, 0) is 0 Å².